The van der Waals surface area contributed by atoms with E-state index in [4.69, 9.17) is 0 Å². The van der Waals surface area contributed by atoms with Crippen LogP contribution in [0.5, 0.6) is 0 Å². The van der Waals surface area contributed by atoms with E-state index in [0.29, 0.717) is 29.9 Å². The molecule has 1 aliphatic heterocycles. The van der Waals surface area contributed by atoms with Gasteiger partial charge in [-0.15, -0.1) is 0 Å². The molecule has 5 nitrogen and oxygen atoms in total. The lowest BCUT2D eigenvalue weighted by Crippen LogP contribution is -2.25. The maximum Gasteiger partial charge on any atom is 0.256 e. The number of anilines is 1. The third-order valence-electron chi connectivity index (χ3n) is 4.78. The van der Waals surface area contributed by atoms with E-state index in [2.05, 4.69) is 10.3 Å². The van der Waals surface area contributed by atoms with Crippen LogP contribution in [0.4, 0.5) is 10.1 Å². The monoisotopic (exact) mass is 375 g/mol. The Hall–Kier alpha value is -3.54. The second-order valence-corrected chi connectivity index (χ2v) is 6.78. The highest BCUT2D eigenvalue weighted by Crippen LogP contribution is 2.28. The first-order valence-electron chi connectivity index (χ1n) is 8.90. The summed E-state index contributed by atoms with van der Waals surface area (Å²) in [5.74, 6) is -1.02. The Morgan fingerprint density at radius 3 is 2.82 bits per heavy atom. The normalized spacial score (nSPS) is 12.8. The van der Waals surface area contributed by atoms with Crippen LogP contribution in [0.1, 0.15) is 37.4 Å². The number of carbonyl (C=O) groups is 2. The Kier molecular flexibility index (Phi) is 4.61. The van der Waals surface area contributed by atoms with E-state index in [0.717, 1.165) is 11.1 Å². The highest BCUT2D eigenvalue weighted by atomic mass is 19.1. The number of fused-ring (bicyclic) bond motifs is 1. The third kappa shape index (κ3) is 3.36. The third-order valence-corrected chi connectivity index (χ3v) is 4.78. The summed E-state index contributed by atoms with van der Waals surface area (Å²) in [5, 5.41) is 2.68. The van der Waals surface area contributed by atoms with Crippen LogP contribution in [0, 0.1) is 12.7 Å². The van der Waals surface area contributed by atoms with Crippen LogP contribution in [-0.2, 0) is 13.1 Å². The van der Waals surface area contributed by atoms with Crippen LogP contribution in [-0.4, -0.2) is 21.7 Å². The molecule has 1 N–H and O–H groups in total. The van der Waals surface area contributed by atoms with Crippen LogP contribution in [0.15, 0.2) is 60.9 Å². The minimum Gasteiger partial charge on any atom is -0.330 e. The minimum absolute atomic E-state index is 0.195. The van der Waals surface area contributed by atoms with Crippen molar-refractivity contribution in [3.63, 3.8) is 0 Å². The molecule has 0 atom stereocenters. The molecular formula is C22H18FN3O2. The molecule has 140 valence electrons. The number of nitrogens with zero attached hydrogens (tertiary/aromatic N) is 2. The van der Waals surface area contributed by atoms with E-state index in [-0.39, 0.29) is 11.5 Å². The molecule has 4 rings (SSSR count). The van der Waals surface area contributed by atoms with Gasteiger partial charge in [-0.25, -0.2) is 4.39 Å². The van der Waals surface area contributed by atoms with Gasteiger partial charge in [0.2, 0.25) is 0 Å². The number of carbonyl (C=O) groups excluding carboxylic acids is 2. The Morgan fingerprint density at radius 2 is 2.07 bits per heavy atom. The number of halogens is 1. The van der Waals surface area contributed by atoms with E-state index in [9.17, 15) is 14.0 Å². The smallest absolute Gasteiger partial charge is 0.256 e. The van der Waals surface area contributed by atoms with Gasteiger partial charge in [0.25, 0.3) is 11.8 Å². The molecule has 0 fully saturated rings. The number of amides is 2. The highest BCUT2D eigenvalue weighted by molar-refractivity contribution is 6.13. The van der Waals surface area contributed by atoms with Crippen LogP contribution >= 0.6 is 0 Å². The fourth-order valence-electron chi connectivity index (χ4n) is 3.32. The summed E-state index contributed by atoms with van der Waals surface area (Å²) in [7, 11) is 0. The van der Waals surface area contributed by atoms with Crippen molar-refractivity contribution < 1.29 is 14.0 Å². The van der Waals surface area contributed by atoms with Crippen molar-refractivity contribution >= 4 is 17.5 Å². The van der Waals surface area contributed by atoms with E-state index in [1.54, 1.807) is 48.5 Å². The van der Waals surface area contributed by atoms with Crippen LogP contribution in [0.25, 0.3) is 0 Å². The van der Waals surface area contributed by atoms with E-state index in [1.165, 1.54) is 6.07 Å². The van der Waals surface area contributed by atoms with E-state index in [1.807, 2.05) is 18.2 Å². The Bertz CT molecular complexity index is 1070. The maximum atomic E-state index is 13.8. The number of nitrogens with one attached hydrogen (secondary N) is 1. The fourth-order valence-corrected chi connectivity index (χ4v) is 3.32. The number of pyridine rings is 1. The molecule has 3 aromatic rings. The standard InChI is InChI=1S/C22H18FN3O2/c1-14-7-8-17(10-19(14)23)25-21(27)18-6-2-5-16-13-26(22(28)20(16)18)12-15-4-3-9-24-11-15/h2-11H,12-13H2,1H3,(H,25,27). The zero-order chi connectivity index (χ0) is 19.7. The molecule has 2 heterocycles. The molecule has 6 heteroatoms. The first-order chi connectivity index (χ1) is 13.5. The van der Waals surface area contributed by atoms with Crippen molar-refractivity contribution in [1.29, 1.82) is 0 Å². The molecule has 0 radical (unpaired) electrons. The average molecular weight is 375 g/mol. The molecule has 2 aromatic carbocycles. The van der Waals surface area contributed by atoms with E-state index < -0.39 is 11.7 Å². The summed E-state index contributed by atoms with van der Waals surface area (Å²) in [6.07, 6.45) is 3.40. The Balaban J connectivity index is 1.58. The summed E-state index contributed by atoms with van der Waals surface area (Å²) >= 11 is 0. The topological polar surface area (TPSA) is 62.3 Å². The van der Waals surface area contributed by atoms with Gasteiger partial charge >= 0.3 is 0 Å². The summed E-state index contributed by atoms with van der Waals surface area (Å²) in [5.41, 5.74) is 3.26. The molecule has 0 saturated carbocycles. The maximum absolute atomic E-state index is 13.8. The number of aromatic nitrogens is 1. The number of hydrogen-bond donors (Lipinski definition) is 1. The highest BCUT2D eigenvalue weighted by Gasteiger charge is 2.31. The van der Waals surface area contributed by atoms with Gasteiger partial charge in [-0.05, 0) is 47.9 Å². The lowest BCUT2D eigenvalue weighted by atomic mass is 10.0. The molecule has 28 heavy (non-hydrogen) atoms. The lowest BCUT2D eigenvalue weighted by Gasteiger charge is -2.15. The van der Waals surface area contributed by atoms with Crippen molar-refractivity contribution in [2.24, 2.45) is 0 Å². The SMILES string of the molecule is Cc1ccc(NC(=O)c2cccc3c2C(=O)N(Cc2cccnc2)C3)cc1F. The minimum atomic E-state index is -0.434. The molecular weight excluding hydrogens is 357 g/mol. The van der Waals surface area contributed by atoms with Crippen molar-refractivity contribution in [2.75, 3.05) is 5.32 Å². The summed E-state index contributed by atoms with van der Waals surface area (Å²) in [4.78, 5) is 31.5. The van der Waals surface area contributed by atoms with Crippen molar-refractivity contribution in [1.82, 2.24) is 9.88 Å². The average Bonchev–Trinajstić information content (AvgIpc) is 3.01. The number of hydrogen-bond acceptors (Lipinski definition) is 3. The van der Waals surface area contributed by atoms with Gasteiger partial charge in [0.15, 0.2) is 0 Å². The van der Waals surface area contributed by atoms with Gasteiger partial charge in [-0.2, -0.15) is 0 Å². The van der Waals surface area contributed by atoms with Crippen molar-refractivity contribution in [2.45, 2.75) is 20.0 Å². The second kappa shape index (κ2) is 7.23. The Labute approximate surface area is 161 Å². The van der Waals surface area contributed by atoms with Gasteiger partial charge in [-0.3, -0.25) is 14.6 Å². The number of aryl methyl sites for hydroxylation is 1. The molecule has 1 aliphatic rings. The zero-order valence-corrected chi connectivity index (χ0v) is 15.3. The first kappa shape index (κ1) is 17.9. The number of rotatable bonds is 4. The Morgan fingerprint density at radius 1 is 1.21 bits per heavy atom. The van der Waals surface area contributed by atoms with Crippen LogP contribution in [0.2, 0.25) is 0 Å². The quantitative estimate of drug-likeness (QED) is 0.751. The largest absolute Gasteiger partial charge is 0.330 e. The predicted molar refractivity (Wildman–Crippen MR) is 103 cm³/mol. The molecule has 0 saturated heterocycles. The molecule has 0 aliphatic carbocycles. The first-order valence-corrected chi connectivity index (χ1v) is 8.90. The van der Waals surface area contributed by atoms with E-state index >= 15 is 0 Å². The molecule has 1 aromatic heterocycles. The van der Waals surface area contributed by atoms with Gasteiger partial charge in [-0.1, -0.05) is 24.3 Å². The van der Waals surface area contributed by atoms with Gasteiger partial charge in [0, 0.05) is 31.2 Å². The van der Waals surface area contributed by atoms with Gasteiger partial charge in [0.1, 0.15) is 5.82 Å². The lowest BCUT2D eigenvalue weighted by molar-refractivity contribution is 0.0763. The predicted octanol–water partition coefficient (Wildman–Crippen LogP) is 3.94. The van der Waals surface area contributed by atoms with Crippen LogP contribution in [0.3, 0.4) is 0 Å². The van der Waals surface area contributed by atoms with Crippen molar-refractivity contribution in [3.05, 3.63) is 94.6 Å². The summed E-state index contributed by atoms with van der Waals surface area (Å²) in [6.45, 7) is 2.51. The molecule has 2 amide bonds. The number of benzene rings is 2. The molecule has 0 spiro atoms. The molecule has 0 unspecified atom stereocenters. The second-order valence-electron chi connectivity index (χ2n) is 6.78. The van der Waals surface area contributed by atoms with Crippen molar-refractivity contribution in [3.8, 4) is 0 Å². The van der Waals surface area contributed by atoms with Gasteiger partial charge in [0.05, 0.1) is 11.1 Å². The fraction of sp³-hybridized carbons (Fsp3) is 0.136. The van der Waals surface area contributed by atoms with Gasteiger partial charge < -0.3 is 10.2 Å². The van der Waals surface area contributed by atoms with Crippen LogP contribution < -0.4 is 5.32 Å². The summed E-state index contributed by atoms with van der Waals surface area (Å²) < 4.78 is 13.8. The molecule has 0 bridgehead atoms. The summed E-state index contributed by atoms with van der Waals surface area (Å²) in [6, 6.07) is 13.4. The zero-order valence-electron chi connectivity index (χ0n) is 15.3.